The van der Waals surface area contributed by atoms with Crippen molar-refractivity contribution in [2.75, 3.05) is 19.9 Å². The first-order valence-corrected chi connectivity index (χ1v) is 11.3. The average molecular weight is 440 g/mol. The molecule has 0 saturated carbocycles. The minimum atomic E-state index is -0.317. The lowest BCUT2D eigenvalue weighted by molar-refractivity contribution is -0.120. The predicted octanol–water partition coefficient (Wildman–Crippen LogP) is 3.56. The fourth-order valence-corrected chi connectivity index (χ4v) is 5.57. The monoisotopic (exact) mass is 440 g/mol. The number of amides is 2. The summed E-state index contributed by atoms with van der Waals surface area (Å²) in [6, 6.07) is 22.3. The predicted molar refractivity (Wildman–Crippen MR) is 123 cm³/mol. The molecule has 6 heteroatoms. The van der Waals surface area contributed by atoms with Crippen LogP contribution in [0.4, 0.5) is 0 Å². The molecule has 2 N–H and O–H groups in total. The fraction of sp³-hybridized carbons (Fsp3) is 0.259. The average Bonchev–Trinajstić information content (AvgIpc) is 3.34. The largest absolute Gasteiger partial charge is 0.454 e. The molecule has 6 nitrogen and oxygen atoms in total. The van der Waals surface area contributed by atoms with Crippen LogP contribution in [-0.4, -0.2) is 31.7 Å². The van der Waals surface area contributed by atoms with Crippen LogP contribution in [0.25, 0.3) is 0 Å². The molecule has 166 valence electrons. The van der Waals surface area contributed by atoms with Gasteiger partial charge in [0.05, 0.1) is 6.54 Å². The maximum Gasteiger partial charge on any atom is 0.251 e. The van der Waals surface area contributed by atoms with Crippen LogP contribution in [0, 0.1) is 5.92 Å². The maximum atomic E-state index is 12.5. The lowest BCUT2D eigenvalue weighted by Gasteiger charge is -2.45. The molecular formula is C27H24N2O4. The number of benzene rings is 3. The van der Waals surface area contributed by atoms with Crippen molar-refractivity contribution < 1.29 is 19.1 Å². The van der Waals surface area contributed by atoms with Gasteiger partial charge in [-0.15, -0.1) is 0 Å². The van der Waals surface area contributed by atoms with E-state index in [1.54, 1.807) is 18.2 Å². The van der Waals surface area contributed by atoms with E-state index < -0.39 is 0 Å². The van der Waals surface area contributed by atoms with E-state index in [2.05, 4.69) is 59.2 Å². The van der Waals surface area contributed by atoms with E-state index in [9.17, 15) is 9.59 Å². The van der Waals surface area contributed by atoms with Crippen molar-refractivity contribution in [2.45, 2.75) is 18.3 Å². The molecule has 3 aromatic rings. The number of hydrogen-bond acceptors (Lipinski definition) is 4. The van der Waals surface area contributed by atoms with Crippen LogP contribution in [0.2, 0.25) is 0 Å². The van der Waals surface area contributed by atoms with Gasteiger partial charge in [-0.2, -0.15) is 0 Å². The third-order valence-electron chi connectivity index (χ3n) is 7.03. The summed E-state index contributed by atoms with van der Waals surface area (Å²) in [6.45, 7) is 0.671. The molecule has 1 heterocycles. The Kier molecular flexibility index (Phi) is 4.79. The van der Waals surface area contributed by atoms with Crippen LogP contribution in [0.1, 0.15) is 50.9 Å². The van der Waals surface area contributed by atoms with Crippen molar-refractivity contribution in [2.24, 2.45) is 5.92 Å². The highest BCUT2D eigenvalue weighted by atomic mass is 16.7. The van der Waals surface area contributed by atoms with Crippen molar-refractivity contribution in [3.8, 4) is 11.5 Å². The van der Waals surface area contributed by atoms with E-state index in [-0.39, 0.29) is 31.1 Å². The molecule has 4 aliphatic rings. The lowest BCUT2D eigenvalue weighted by atomic mass is 9.59. The van der Waals surface area contributed by atoms with Gasteiger partial charge in [-0.25, -0.2) is 0 Å². The Labute approximate surface area is 191 Å². The van der Waals surface area contributed by atoms with Crippen LogP contribution < -0.4 is 20.1 Å². The third kappa shape index (κ3) is 3.42. The van der Waals surface area contributed by atoms with Crippen molar-refractivity contribution in [3.63, 3.8) is 0 Å². The molecule has 1 unspecified atom stereocenters. The minimum absolute atomic E-state index is 0.0682. The highest BCUT2D eigenvalue weighted by Gasteiger charge is 2.42. The van der Waals surface area contributed by atoms with Crippen LogP contribution in [0.5, 0.6) is 11.5 Å². The van der Waals surface area contributed by atoms with E-state index in [1.807, 2.05) is 0 Å². The van der Waals surface area contributed by atoms with Gasteiger partial charge in [-0.1, -0.05) is 48.5 Å². The van der Waals surface area contributed by atoms with Gasteiger partial charge in [0.1, 0.15) is 0 Å². The third-order valence-corrected chi connectivity index (χ3v) is 7.03. The van der Waals surface area contributed by atoms with Crippen molar-refractivity contribution in [3.05, 3.63) is 94.5 Å². The van der Waals surface area contributed by atoms with Gasteiger partial charge in [0.15, 0.2) is 11.5 Å². The molecule has 2 bridgehead atoms. The summed E-state index contributed by atoms with van der Waals surface area (Å²) in [6.07, 6.45) is 1.02. The number of rotatable bonds is 5. The van der Waals surface area contributed by atoms with E-state index >= 15 is 0 Å². The first-order chi connectivity index (χ1) is 16.2. The van der Waals surface area contributed by atoms with Crippen molar-refractivity contribution >= 4 is 11.8 Å². The molecule has 0 aromatic heterocycles. The zero-order chi connectivity index (χ0) is 22.4. The Hall–Kier alpha value is -3.80. The Bertz CT molecular complexity index is 1210. The first kappa shape index (κ1) is 19.9. The number of ether oxygens (including phenoxy) is 2. The highest BCUT2D eigenvalue weighted by Crippen LogP contribution is 2.55. The molecule has 7 rings (SSSR count). The smallest absolute Gasteiger partial charge is 0.251 e. The lowest BCUT2D eigenvalue weighted by Crippen LogP contribution is -2.42. The van der Waals surface area contributed by atoms with Crippen molar-refractivity contribution in [1.82, 2.24) is 10.6 Å². The summed E-state index contributed by atoms with van der Waals surface area (Å²) < 4.78 is 10.6. The molecule has 33 heavy (non-hydrogen) atoms. The number of hydrogen-bond donors (Lipinski definition) is 2. The Morgan fingerprint density at radius 1 is 0.818 bits per heavy atom. The van der Waals surface area contributed by atoms with Crippen molar-refractivity contribution in [1.29, 1.82) is 0 Å². The zero-order valence-electron chi connectivity index (χ0n) is 18.0. The minimum Gasteiger partial charge on any atom is -0.454 e. The number of fused-ring (bicyclic) bond motifs is 2. The summed E-state index contributed by atoms with van der Waals surface area (Å²) in [4.78, 5) is 25.0. The fourth-order valence-electron chi connectivity index (χ4n) is 5.57. The highest BCUT2D eigenvalue weighted by molar-refractivity contribution is 5.97. The van der Waals surface area contributed by atoms with Gasteiger partial charge in [0.25, 0.3) is 5.91 Å². The molecular weight excluding hydrogens is 416 g/mol. The van der Waals surface area contributed by atoms with E-state index in [1.165, 1.54) is 22.3 Å². The molecule has 3 aromatic carbocycles. The maximum absolute atomic E-state index is 12.5. The van der Waals surface area contributed by atoms with Gasteiger partial charge in [0, 0.05) is 23.9 Å². The van der Waals surface area contributed by atoms with Crippen LogP contribution in [-0.2, 0) is 4.79 Å². The van der Waals surface area contributed by atoms with E-state index in [0.29, 0.717) is 35.4 Å². The van der Waals surface area contributed by atoms with Gasteiger partial charge < -0.3 is 20.1 Å². The molecule has 0 fully saturated rings. The summed E-state index contributed by atoms with van der Waals surface area (Å²) in [5, 5.41) is 5.74. The molecule has 1 atom stereocenters. The molecule has 0 saturated heterocycles. The molecule has 3 aliphatic carbocycles. The second kappa shape index (κ2) is 7.96. The van der Waals surface area contributed by atoms with E-state index in [4.69, 9.17) is 9.47 Å². The van der Waals surface area contributed by atoms with Gasteiger partial charge in [-0.05, 0) is 52.8 Å². The van der Waals surface area contributed by atoms with E-state index in [0.717, 1.165) is 6.42 Å². The van der Waals surface area contributed by atoms with Gasteiger partial charge in [0.2, 0.25) is 12.7 Å². The number of carbonyl (C=O) groups is 2. The SMILES string of the molecule is O=C(CNC(=O)c1ccc2c(c1)OCO2)NCC1CC2c3ccccc3C1c1ccccc12. The van der Waals surface area contributed by atoms with Crippen LogP contribution in [0.3, 0.4) is 0 Å². The Morgan fingerprint density at radius 2 is 1.48 bits per heavy atom. The molecule has 2 amide bonds. The quantitative estimate of drug-likeness (QED) is 0.636. The number of carbonyl (C=O) groups excluding carboxylic acids is 2. The molecule has 1 aliphatic heterocycles. The normalized spacial score (nSPS) is 21.2. The Morgan fingerprint density at radius 3 is 2.21 bits per heavy atom. The zero-order valence-corrected chi connectivity index (χ0v) is 18.0. The Balaban J connectivity index is 1.10. The first-order valence-electron chi connectivity index (χ1n) is 11.3. The van der Waals surface area contributed by atoms with Gasteiger partial charge in [-0.3, -0.25) is 9.59 Å². The summed E-state index contributed by atoms with van der Waals surface area (Å²) in [7, 11) is 0. The second-order valence-corrected chi connectivity index (χ2v) is 8.84. The van der Waals surface area contributed by atoms with Gasteiger partial charge >= 0.3 is 0 Å². The standard InChI is InChI=1S/C27H24N2O4/c30-25(14-29-27(31)16-9-10-23-24(12-16)33-15-32-23)28-13-17-11-22-18-5-1-3-7-20(18)26(17)21-8-4-2-6-19(21)22/h1-10,12,17,22,26H,11,13-15H2,(H,28,30)(H,29,31). The summed E-state index contributed by atoms with van der Waals surface area (Å²) in [5.41, 5.74) is 6.02. The summed E-state index contributed by atoms with van der Waals surface area (Å²) >= 11 is 0. The summed E-state index contributed by atoms with van der Waals surface area (Å²) in [5.74, 6) is 1.64. The van der Waals surface area contributed by atoms with Crippen LogP contribution in [0.15, 0.2) is 66.7 Å². The second-order valence-electron chi connectivity index (χ2n) is 8.84. The van der Waals surface area contributed by atoms with Crippen LogP contribution >= 0.6 is 0 Å². The topological polar surface area (TPSA) is 76.7 Å². The number of nitrogens with one attached hydrogen (secondary N) is 2. The molecule has 0 spiro atoms. The molecule has 0 radical (unpaired) electrons.